The van der Waals surface area contributed by atoms with E-state index >= 15 is 0 Å². The highest BCUT2D eigenvalue weighted by Gasteiger charge is 2.31. The van der Waals surface area contributed by atoms with Crippen LogP contribution in [0, 0.1) is 5.92 Å². The molecule has 20 heavy (non-hydrogen) atoms. The molecule has 3 N–H and O–H groups in total. The topological polar surface area (TPSA) is 92.9 Å². The monoisotopic (exact) mass is 284 g/mol. The Morgan fingerprint density at radius 3 is 2.50 bits per heavy atom. The number of nitrogens with two attached hydrogens (primary N) is 1. The summed E-state index contributed by atoms with van der Waals surface area (Å²) in [5.74, 6) is -0.647. The number of aliphatic carboxylic acids is 1. The van der Waals surface area contributed by atoms with Gasteiger partial charge in [0, 0.05) is 25.0 Å². The van der Waals surface area contributed by atoms with Crippen molar-refractivity contribution in [2.45, 2.75) is 50.7 Å². The van der Waals surface area contributed by atoms with Crippen LogP contribution in [0.25, 0.3) is 0 Å². The van der Waals surface area contributed by atoms with Crippen molar-refractivity contribution in [2.24, 2.45) is 11.7 Å². The molecule has 1 amide bonds. The van der Waals surface area contributed by atoms with Crippen molar-refractivity contribution in [1.29, 1.82) is 0 Å². The van der Waals surface area contributed by atoms with Gasteiger partial charge in [-0.1, -0.05) is 6.42 Å². The normalized spacial score (nSPS) is 28.4. The summed E-state index contributed by atoms with van der Waals surface area (Å²) in [6.07, 6.45) is 5.21. The van der Waals surface area contributed by atoms with Crippen LogP contribution in [0.4, 0.5) is 0 Å². The van der Waals surface area contributed by atoms with Crippen LogP contribution in [-0.4, -0.2) is 53.7 Å². The number of carboxylic acid groups (broad SMARTS) is 1. The second kappa shape index (κ2) is 7.04. The summed E-state index contributed by atoms with van der Waals surface area (Å²) in [5, 5.41) is 8.58. The molecule has 2 aliphatic rings. The Kier molecular flexibility index (Phi) is 5.37. The molecule has 2 atom stereocenters. The van der Waals surface area contributed by atoms with Crippen LogP contribution in [0.5, 0.6) is 0 Å². The zero-order valence-corrected chi connectivity index (χ0v) is 11.8. The Balaban J connectivity index is 1.75. The smallest absolute Gasteiger partial charge is 0.329 e. The Morgan fingerprint density at radius 1 is 1.20 bits per heavy atom. The second-order valence-corrected chi connectivity index (χ2v) is 5.85. The Bertz CT molecular complexity index is 353. The minimum absolute atomic E-state index is 0.0382. The molecular formula is C14H24N2O4. The molecule has 2 unspecified atom stereocenters. The lowest BCUT2D eigenvalue weighted by molar-refractivity contribution is -0.147. The number of hydrogen-bond acceptors (Lipinski definition) is 4. The summed E-state index contributed by atoms with van der Waals surface area (Å²) < 4.78 is 5.28. The Morgan fingerprint density at radius 2 is 1.90 bits per heavy atom. The lowest BCUT2D eigenvalue weighted by Gasteiger charge is -2.35. The minimum atomic E-state index is -0.945. The third-order valence-corrected chi connectivity index (χ3v) is 4.26. The number of carbonyl (C=O) groups excluding carboxylic acids is 1. The third-order valence-electron chi connectivity index (χ3n) is 4.26. The first-order valence-corrected chi connectivity index (χ1v) is 7.44. The van der Waals surface area contributed by atoms with Gasteiger partial charge in [-0.2, -0.15) is 0 Å². The van der Waals surface area contributed by atoms with Gasteiger partial charge < -0.3 is 20.5 Å². The SMILES string of the molecule is NC1CCCC(C(=O)N2CCC(OCC(=O)O)CC2)C1. The third kappa shape index (κ3) is 4.18. The summed E-state index contributed by atoms with van der Waals surface area (Å²) in [4.78, 5) is 24.7. The molecule has 1 saturated heterocycles. The summed E-state index contributed by atoms with van der Waals surface area (Å²) in [6, 6.07) is 0.161. The molecule has 0 bridgehead atoms. The van der Waals surface area contributed by atoms with Gasteiger partial charge in [0.2, 0.25) is 5.91 Å². The fourth-order valence-electron chi connectivity index (χ4n) is 3.14. The number of rotatable bonds is 4. The lowest BCUT2D eigenvalue weighted by Crippen LogP contribution is -2.45. The van der Waals surface area contributed by atoms with Crippen LogP contribution < -0.4 is 5.73 Å². The van der Waals surface area contributed by atoms with E-state index in [1.54, 1.807) is 0 Å². The summed E-state index contributed by atoms with van der Waals surface area (Å²) in [6.45, 7) is 1.07. The van der Waals surface area contributed by atoms with Crippen LogP contribution in [0.3, 0.4) is 0 Å². The molecule has 0 aromatic carbocycles. The summed E-state index contributed by atoms with van der Waals surface area (Å²) in [7, 11) is 0. The highest BCUT2D eigenvalue weighted by Crippen LogP contribution is 2.26. The molecular weight excluding hydrogens is 260 g/mol. The lowest BCUT2D eigenvalue weighted by atomic mass is 9.85. The van der Waals surface area contributed by atoms with Crippen molar-refractivity contribution in [1.82, 2.24) is 4.90 Å². The van der Waals surface area contributed by atoms with E-state index in [-0.39, 0.29) is 30.6 Å². The van der Waals surface area contributed by atoms with Gasteiger partial charge in [0.15, 0.2) is 0 Å². The molecule has 114 valence electrons. The van der Waals surface area contributed by atoms with Gasteiger partial charge in [0.05, 0.1) is 6.10 Å². The average molecular weight is 284 g/mol. The second-order valence-electron chi connectivity index (χ2n) is 5.85. The van der Waals surface area contributed by atoms with Gasteiger partial charge in [0.1, 0.15) is 6.61 Å². The van der Waals surface area contributed by atoms with E-state index < -0.39 is 5.97 Å². The number of ether oxygens (including phenoxy) is 1. The highest BCUT2D eigenvalue weighted by molar-refractivity contribution is 5.79. The van der Waals surface area contributed by atoms with Crippen molar-refractivity contribution in [3.8, 4) is 0 Å². The van der Waals surface area contributed by atoms with Crippen LogP contribution in [0.1, 0.15) is 38.5 Å². The maximum atomic E-state index is 12.4. The maximum Gasteiger partial charge on any atom is 0.329 e. The van der Waals surface area contributed by atoms with Crippen LogP contribution in [-0.2, 0) is 14.3 Å². The molecule has 2 fully saturated rings. The number of amides is 1. The van der Waals surface area contributed by atoms with E-state index in [0.29, 0.717) is 13.1 Å². The van der Waals surface area contributed by atoms with E-state index in [4.69, 9.17) is 15.6 Å². The number of nitrogens with zero attached hydrogens (tertiary/aromatic N) is 1. The molecule has 6 nitrogen and oxygen atoms in total. The molecule has 6 heteroatoms. The molecule has 1 heterocycles. The number of piperidine rings is 1. The van der Waals surface area contributed by atoms with E-state index in [0.717, 1.165) is 38.5 Å². The van der Waals surface area contributed by atoms with Crippen molar-refractivity contribution < 1.29 is 19.4 Å². The zero-order chi connectivity index (χ0) is 14.5. The van der Waals surface area contributed by atoms with Crippen molar-refractivity contribution >= 4 is 11.9 Å². The zero-order valence-electron chi connectivity index (χ0n) is 11.8. The Labute approximate surface area is 119 Å². The van der Waals surface area contributed by atoms with Crippen molar-refractivity contribution in [3.05, 3.63) is 0 Å². The van der Waals surface area contributed by atoms with Gasteiger partial charge in [-0.3, -0.25) is 4.79 Å². The number of carbonyl (C=O) groups is 2. The van der Waals surface area contributed by atoms with Gasteiger partial charge in [-0.15, -0.1) is 0 Å². The quantitative estimate of drug-likeness (QED) is 0.788. The minimum Gasteiger partial charge on any atom is -0.480 e. The summed E-state index contributed by atoms with van der Waals surface area (Å²) in [5.41, 5.74) is 5.94. The predicted octanol–water partition coefficient (Wildman–Crippen LogP) is 0.596. The summed E-state index contributed by atoms with van der Waals surface area (Å²) >= 11 is 0. The van der Waals surface area contributed by atoms with Gasteiger partial charge in [-0.05, 0) is 32.1 Å². The molecule has 0 spiro atoms. The maximum absolute atomic E-state index is 12.4. The van der Waals surface area contributed by atoms with Gasteiger partial charge in [-0.25, -0.2) is 4.79 Å². The predicted molar refractivity (Wildman–Crippen MR) is 73.1 cm³/mol. The first kappa shape index (κ1) is 15.3. The molecule has 1 aliphatic carbocycles. The van der Waals surface area contributed by atoms with Crippen molar-refractivity contribution in [3.63, 3.8) is 0 Å². The molecule has 0 radical (unpaired) electrons. The average Bonchev–Trinajstić information content (AvgIpc) is 2.45. The van der Waals surface area contributed by atoms with Crippen LogP contribution >= 0.6 is 0 Å². The van der Waals surface area contributed by atoms with Gasteiger partial charge >= 0.3 is 5.97 Å². The molecule has 0 aromatic heterocycles. The molecule has 0 aromatic rings. The van der Waals surface area contributed by atoms with Crippen molar-refractivity contribution in [2.75, 3.05) is 19.7 Å². The van der Waals surface area contributed by atoms with E-state index in [1.807, 2.05) is 4.90 Å². The Hall–Kier alpha value is -1.14. The fourth-order valence-corrected chi connectivity index (χ4v) is 3.14. The standard InChI is InChI=1S/C14H24N2O4/c15-11-3-1-2-10(8-11)14(19)16-6-4-12(5-7-16)20-9-13(17)18/h10-12H,1-9,15H2,(H,17,18). The number of hydrogen-bond donors (Lipinski definition) is 2. The van der Waals surface area contributed by atoms with Gasteiger partial charge in [0.25, 0.3) is 0 Å². The van der Waals surface area contributed by atoms with E-state index in [9.17, 15) is 9.59 Å². The van der Waals surface area contributed by atoms with E-state index in [2.05, 4.69) is 0 Å². The molecule has 2 rings (SSSR count). The highest BCUT2D eigenvalue weighted by atomic mass is 16.5. The van der Waals surface area contributed by atoms with Crippen LogP contribution in [0.2, 0.25) is 0 Å². The first-order valence-electron chi connectivity index (χ1n) is 7.44. The largest absolute Gasteiger partial charge is 0.480 e. The number of likely N-dealkylation sites (tertiary alicyclic amines) is 1. The van der Waals surface area contributed by atoms with Crippen LogP contribution in [0.15, 0.2) is 0 Å². The molecule has 1 saturated carbocycles. The fraction of sp³-hybridized carbons (Fsp3) is 0.857. The first-order chi connectivity index (χ1) is 9.56. The number of carboxylic acids is 1. The van der Waals surface area contributed by atoms with E-state index in [1.165, 1.54) is 0 Å². The molecule has 1 aliphatic heterocycles.